The normalized spacial score (nSPS) is 11.6. The van der Waals surface area contributed by atoms with Crippen molar-refractivity contribution in [3.8, 4) is 0 Å². The highest BCUT2D eigenvalue weighted by atomic mass is 15.4. The van der Waals surface area contributed by atoms with Crippen molar-refractivity contribution in [3.63, 3.8) is 0 Å². The molecule has 0 aliphatic heterocycles. The molecule has 0 aliphatic rings. The van der Waals surface area contributed by atoms with Crippen molar-refractivity contribution >= 4 is 22.9 Å². The third-order valence-corrected chi connectivity index (χ3v) is 3.17. The molecule has 1 heterocycles. The summed E-state index contributed by atoms with van der Waals surface area (Å²) in [5, 5.41) is 14.9. The van der Waals surface area contributed by atoms with Crippen LogP contribution in [-0.2, 0) is 0 Å². The Morgan fingerprint density at radius 2 is 1.54 bits per heavy atom. The molecule has 0 amide bonds. The number of nitrogens with one attached hydrogen (secondary N) is 1. The minimum Gasteiger partial charge on any atom is -0.380 e. The van der Waals surface area contributed by atoms with Crippen molar-refractivity contribution in [1.82, 2.24) is 4.98 Å². The highest BCUT2D eigenvalue weighted by Gasteiger charge is 1.97. The van der Waals surface area contributed by atoms with Crippen LogP contribution in [0.1, 0.15) is 5.69 Å². The molecule has 24 heavy (non-hydrogen) atoms. The minimum absolute atomic E-state index is 0.224. The summed E-state index contributed by atoms with van der Waals surface area (Å²) in [5.41, 5.74) is 9.04. The van der Waals surface area contributed by atoms with Gasteiger partial charge in [-0.25, -0.2) is 0 Å². The minimum atomic E-state index is 0.224. The molecule has 3 N–H and O–H groups in total. The molecule has 1 aromatic heterocycles. The van der Waals surface area contributed by atoms with Gasteiger partial charge >= 0.3 is 0 Å². The van der Waals surface area contributed by atoms with Crippen molar-refractivity contribution in [2.24, 2.45) is 21.2 Å². The monoisotopic (exact) mass is 316 g/mol. The molecule has 0 saturated carbocycles. The van der Waals surface area contributed by atoms with Gasteiger partial charge in [0.05, 0.1) is 5.69 Å². The Balaban J connectivity index is 1.64. The quantitative estimate of drug-likeness (QED) is 0.319. The Morgan fingerprint density at radius 1 is 0.833 bits per heavy atom. The fraction of sp³-hybridized carbons (Fsp3) is 0. The standard InChI is InChI=1S/C18H16N6/c19-18(17-8-4-5-13-20-17)23-24-22-16-11-9-15(10-12-16)21-14-6-2-1-3-7-14/h1-13,21H,(H2,19,22,23). The SMILES string of the molecule is N/C(=N\N=Nc1ccc(Nc2ccccc2)cc1)c1ccccn1. The summed E-state index contributed by atoms with van der Waals surface area (Å²) in [7, 11) is 0. The number of benzene rings is 2. The number of para-hydroxylation sites is 1. The van der Waals surface area contributed by atoms with Gasteiger partial charge in [-0.3, -0.25) is 4.98 Å². The number of pyridine rings is 1. The smallest absolute Gasteiger partial charge is 0.173 e. The largest absolute Gasteiger partial charge is 0.380 e. The predicted molar refractivity (Wildman–Crippen MR) is 95.6 cm³/mol. The number of anilines is 2. The van der Waals surface area contributed by atoms with E-state index in [0.717, 1.165) is 11.4 Å². The van der Waals surface area contributed by atoms with Crippen LogP contribution >= 0.6 is 0 Å². The first kappa shape index (κ1) is 15.4. The topological polar surface area (TPSA) is 88.0 Å². The molecule has 0 unspecified atom stereocenters. The summed E-state index contributed by atoms with van der Waals surface area (Å²) in [4.78, 5) is 4.09. The van der Waals surface area contributed by atoms with Crippen molar-refractivity contribution in [2.75, 3.05) is 5.32 Å². The molecule has 0 saturated heterocycles. The Labute approximate surface area is 139 Å². The van der Waals surface area contributed by atoms with Crippen LogP contribution in [0.2, 0.25) is 0 Å². The average Bonchev–Trinajstić information content (AvgIpc) is 2.65. The molecule has 6 nitrogen and oxygen atoms in total. The zero-order chi connectivity index (χ0) is 16.6. The van der Waals surface area contributed by atoms with E-state index in [2.05, 4.69) is 25.7 Å². The van der Waals surface area contributed by atoms with Crippen LogP contribution in [0.15, 0.2) is 94.4 Å². The van der Waals surface area contributed by atoms with E-state index in [-0.39, 0.29) is 5.84 Å². The van der Waals surface area contributed by atoms with Gasteiger partial charge < -0.3 is 11.1 Å². The highest BCUT2D eigenvalue weighted by molar-refractivity contribution is 5.95. The fourth-order valence-corrected chi connectivity index (χ4v) is 1.99. The van der Waals surface area contributed by atoms with Crippen molar-refractivity contribution in [1.29, 1.82) is 0 Å². The maximum atomic E-state index is 5.79. The number of amidine groups is 1. The van der Waals surface area contributed by atoms with Gasteiger partial charge in [0.15, 0.2) is 5.84 Å². The van der Waals surface area contributed by atoms with Crippen LogP contribution in [-0.4, -0.2) is 10.8 Å². The highest BCUT2D eigenvalue weighted by Crippen LogP contribution is 2.20. The molecule has 3 aromatic rings. The van der Waals surface area contributed by atoms with Gasteiger partial charge in [-0.1, -0.05) is 24.3 Å². The van der Waals surface area contributed by atoms with Crippen molar-refractivity contribution < 1.29 is 0 Å². The van der Waals surface area contributed by atoms with E-state index in [0.29, 0.717) is 11.4 Å². The lowest BCUT2D eigenvalue weighted by molar-refractivity contribution is 1.05. The zero-order valence-electron chi connectivity index (χ0n) is 12.9. The summed E-state index contributed by atoms with van der Waals surface area (Å²) in [6.07, 6.45) is 1.65. The summed E-state index contributed by atoms with van der Waals surface area (Å²) in [6.45, 7) is 0. The first-order valence-corrected chi connectivity index (χ1v) is 7.39. The molecular weight excluding hydrogens is 300 g/mol. The van der Waals surface area contributed by atoms with Crippen LogP contribution in [0, 0.1) is 0 Å². The maximum Gasteiger partial charge on any atom is 0.173 e. The molecule has 3 rings (SSSR count). The lowest BCUT2D eigenvalue weighted by Gasteiger charge is -2.05. The van der Waals surface area contributed by atoms with Gasteiger partial charge in [-0.05, 0) is 53.8 Å². The number of nitrogens with zero attached hydrogens (tertiary/aromatic N) is 4. The van der Waals surface area contributed by atoms with Crippen LogP contribution in [0.25, 0.3) is 0 Å². The second-order valence-electron chi connectivity index (χ2n) is 4.93. The van der Waals surface area contributed by atoms with Crippen molar-refractivity contribution in [2.45, 2.75) is 0 Å². The molecule has 0 atom stereocenters. The zero-order valence-corrected chi connectivity index (χ0v) is 12.9. The maximum absolute atomic E-state index is 5.79. The van der Waals surface area contributed by atoms with Gasteiger partial charge in [0.2, 0.25) is 0 Å². The molecule has 0 fully saturated rings. The van der Waals surface area contributed by atoms with Gasteiger partial charge in [-0.2, -0.15) is 0 Å². The summed E-state index contributed by atoms with van der Waals surface area (Å²) in [5.74, 6) is 0.224. The number of aromatic nitrogens is 1. The second-order valence-corrected chi connectivity index (χ2v) is 4.93. The van der Waals surface area contributed by atoms with E-state index in [1.54, 1.807) is 12.3 Å². The van der Waals surface area contributed by atoms with Gasteiger partial charge in [0, 0.05) is 17.6 Å². The van der Waals surface area contributed by atoms with E-state index in [4.69, 9.17) is 5.73 Å². The third-order valence-electron chi connectivity index (χ3n) is 3.17. The molecule has 118 valence electrons. The van der Waals surface area contributed by atoms with Gasteiger partial charge in [-0.15, -0.1) is 10.2 Å². The first-order chi connectivity index (χ1) is 11.8. The molecular formula is C18H16N6. The molecule has 6 heteroatoms. The van der Waals surface area contributed by atoms with Gasteiger partial charge in [0.1, 0.15) is 5.69 Å². The van der Waals surface area contributed by atoms with Crippen LogP contribution in [0.4, 0.5) is 17.1 Å². The molecule has 0 bridgehead atoms. The molecule has 0 spiro atoms. The Bertz CT molecular complexity index is 826. The number of hydrogen-bond donors (Lipinski definition) is 2. The Hall–Kier alpha value is -3.54. The summed E-state index contributed by atoms with van der Waals surface area (Å²) >= 11 is 0. The first-order valence-electron chi connectivity index (χ1n) is 7.39. The Morgan fingerprint density at radius 3 is 2.25 bits per heavy atom. The third kappa shape index (κ3) is 4.23. The summed E-state index contributed by atoms with van der Waals surface area (Å²) < 4.78 is 0. The van der Waals surface area contributed by atoms with Crippen LogP contribution in [0.5, 0.6) is 0 Å². The molecule has 0 radical (unpaired) electrons. The van der Waals surface area contributed by atoms with E-state index in [1.165, 1.54) is 0 Å². The van der Waals surface area contributed by atoms with E-state index >= 15 is 0 Å². The van der Waals surface area contributed by atoms with E-state index in [1.807, 2.05) is 66.7 Å². The fourth-order valence-electron chi connectivity index (χ4n) is 1.99. The van der Waals surface area contributed by atoms with E-state index < -0.39 is 0 Å². The van der Waals surface area contributed by atoms with Crippen LogP contribution in [0.3, 0.4) is 0 Å². The number of rotatable bonds is 5. The van der Waals surface area contributed by atoms with Gasteiger partial charge in [0.25, 0.3) is 0 Å². The molecule has 2 aromatic carbocycles. The number of hydrogen-bond acceptors (Lipinski definition) is 4. The lowest BCUT2D eigenvalue weighted by atomic mass is 10.2. The summed E-state index contributed by atoms with van der Waals surface area (Å²) in [6, 6.07) is 22.9. The Kier molecular flexibility index (Phi) is 4.89. The second kappa shape index (κ2) is 7.64. The average molecular weight is 316 g/mol. The lowest BCUT2D eigenvalue weighted by Crippen LogP contribution is -2.13. The van der Waals surface area contributed by atoms with E-state index in [9.17, 15) is 0 Å². The molecule has 0 aliphatic carbocycles. The van der Waals surface area contributed by atoms with Crippen LogP contribution < -0.4 is 11.1 Å². The van der Waals surface area contributed by atoms with Crippen molar-refractivity contribution in [3.05, 3.63) is 84.7 Å². The predicted octanol–water partition coefficient (Wildman–Crippen LogP) is 4.23. The number of nitrogens with two attached hydrogens (primary N) is 1.